The van der Waals surface area contributed by atoms with Crippen LogP contribution in [0, 0.1) is 0 Å². The summed E-state index contributed by atoms with van der Waals surface area (Å²) >= 11 is 0. The molecule has 5 nitrogen and oxygen atoms in total. The topological polar surface area (TPSA) is 68.3 Å². The lowest BCUT2D eigenvalue weighted by Crippen LogP contribution is -2.06. The van der Waals surface area contributed by atoms with Crippen LogP contribution in [-0.4, -0.2) is 37.2 Å². The lowest BCUT2D eigenvalue weighted by molar-refractivity contribution is 0.0848. The fourth-order valence-electron chi connectivity index (χ4n) is 0.640. The normalized spacial score (nSPS) is 17.0. The van der Waals surface area contributed by atoms with Crippen LogP contribution in [0.15, 0.2) is 12.8 Å². The maximum atomic E-state index is 9.65. The predicted molar refractivity (Wildman–Crippen MR) is 54.8 cm³/mol. The first-order valence-electron chi connectivity index (χ1n) is 4.90. The molecule has 0 aromatic carbocycles. The molecule has 0 aromatic rings. The Balaban J connectivity index is 0.000000265. The van der Waals surface area contributed by atoms with Crippen molar-refractivity contribution < 1.29 is 24.1 Å². The van der Waals surface area contributed by atoms with Gasteiger partial charge < -0.3 is 19.3 Å². The number of carboxylic acid groups (broad SMARTS) is 1. The maximum Gasteiger partial charge on any atom is 0.505 e. The number of rotatable bonds is 6. The van der Waals surface area contributed by atoms with Crippen molar-refractivity contribution in [2.24, 2.45) is 0 Å². The van der Waals surface area contributed by atoms with Crippen LogP contribution in [-0.2, 0) is 14.2 Å². The van der Waals surface area contributed by atoms with Crippen molar-refractivity contribution in [1.29, 1.82) is 0 Å². The summed E-state index contributed by atoms with van der Waals surface area (Å²) < 4.78 is 13.7. The number of unbranched alkanes of at least 4 members (excludes halogenated alkanes) is 1. The minimum atomic E-state index is -1.24. The van der Waals surface area contributed by atoms with Crippen molar-refractivity contribution in [3.05, 3.63) is 12.8 Å². The number of epoxide rings is 1. The SMILES string of the molecule is C=COCCCC.O=C(O)OCC1CO1. The highest BCUT2D eigenvalue weighted by molar-refractivity contribution is 5.56. The van der Waals surface area contributed by atoms with Gasteiger partial charge >= 0.3 is 6.16 Å². The van der Waals surface area contributed by atoms with Crippen molar-refractivity contribution in [2.75, 3.05) is 19.8 Å². The Labute approximate surface area is 89.6 Å². The molecule has 1 atom stereocenters. The van der Waals surface area contributed by atoms with Gasteiger partial charge in [-0.2, -0.15) is 0 Å². The molecule has 0 saturated carbocycles. The minimum Gasteiger partial charge on any atom is -0.502 e. The van der Waals surface area contributed by atoms with E-state index in [0.717, 1.165) is 13.0 Å². The molecule has 0 aliphatic carbocycles. The molecule has 88 valence electrons. The standard InChI is InChI=1S/C6H12O.C4H6O4/c1-3-5-6-7-4-2;5-4(6)8-2-3-1-7-3/h4H,2-3,5-6H2,1H3;3H,1-2H2,(H,5,6). The first-order chi connectivity index (χ1) is 7.20. The van der Waals surface area contributed by atoms with Crippen LogP contribution >= 0.6 is 0 Å². The third-order valence-corrected chi connectivity index (χ3v) is 1.53. The van der Waals surface area contributed by atoms with Gasteiger partial charge in [0.2, 0.25) is 0 Å². The van der Waals surface area contributed by atoms with Crippen molar-refractivity contribution in [3.8, 4) is 0 Å². The molecule has 0 radical (unpaired) electrons. The van der Waals surface area contributed by atoms with E-state index in [1.807, 2.05) is 0 Å². The van der Waals surface area contributed by atoms with Crippen LogP contribution in [0.4, 0.5) is 4.79 Å². The summed E-state index contributed by atoms with van der Waals surface area (Å²) in [6.45, 7) is 7.17. The number of hydrogen-bond acceptors (Lipinski definition) is 4. The molecular weight excluding hydrogens is 200 g/mol. The fourth-order valence-corrected chi connectivity index (χ4v) is 0.640. The van der Waals surface area contributed by atoms with Gasteiger partial charge in [0.15, 0.2) is 0 Å². The van der Waals surface area contributed by atoms with Crippen molar-refractivity contribution in [2.45, 2.75) is 25.9 Å². The van der Waals surface area contributed by atoms with Gasteiger partial charge in [-0.1, -0.05) is 19.9 Å². The third kappa shape index (κ3) is 12.8. The Kier molecular flexibility index (Phi) is 8.56. The molecule has 0 amide bonds. The van der Waals surface area contributed by atoms with Gasteiger partial charge in [0.05, 0.1) is 19.5 Å². The molecular formula is C10H18O5. The molecule has 1 heterocycles. The van der Waals surface area contributed by atoms with E-state index >= 15 is 0 Å². The Morgan fingerprint density at radius 3 is 2.80 bits per heavy atom. The summed E-state index contributed by atoms with van der Waals surface area (Å²) in [6, 6.07) is 0. The second-order valence-electron chi connectivity index (χ2n) is 2.92. The van der Waals surface area contributed by atoms with Crippen LogP contribution in [0.5, 0.6) is 0 Å². The molecule has 1 aliphatic heterocycles. The molecule has 5 heteroatoms. The molecule has 1 aliphatic rings. The molecule has 0 aromatic heterocycles. The van der Waals surface area contributed by atoms with Crippen LogP contribution in [0.1, 0.15) is 19.8 Å². The average molecular weight is 218 g/mol. The third-order valence-electron chi connectivity index (χ3n) is 1.53. The zero-order chi connectivity index (χ0) is 11.5. The average Bonchev–Trinajstić information content (AvgIpc) is 3.00. The molecule has 1 saturated heterocycles. The summed E-state index contributed by atoms with van der Waals surface area (Å²) in [5.41, 5.74) is 0. The molecule has 0 bridgehead atoms. The highest BCUT2D eigenvalue weighted by Crippen LogP contribution is 2.07. The predicted octanol–water partition coefficient (Wildman–Crippen LogP) is 2.03. The summed E-state index contributed by atoms with van der Waals surface area (Å²) in [7, 11) is 0. The van der Waals surface area contributed by atoms with Gasteiger partial charge in [-0.3, -0.25) is 0 Å². The highest BCUT2D eigenvalue weighted by atomic mass is 16.7. The summed E-state index contributed by atoms with van der Waals surface area (Å²) in [5, 5.41) is 7.91. The number of hydrogen-bond donors (Lipinski definition) is 1. The minimum absolute atomic E-state index is 0.0334. The molecule has 1 N–H and O–H groups in total. The van der Waals surface area contributed by atoms with Gasteiger partial charge in [0.1, 0.15) is 12.7 Å². The number of carbonyl (C=O) groups is 1. The zero-order valence-corrected chi connectivity index (χ0v) is 8.98. The van der Waals surface area contributed by atoms with E-state index in [1.165, 1.54) is 12.7 Å². The van der Waals surface area contributed by atoms with Crippen molar-refractivity contribution in [3.63, 3.8) is 0 Å². The first-order valence-corrected chi connectivity index (χ1v) is 4.90. The van der Waals surface area contributed by atoms with Crippen LogP contribution < -0.4 is 0 Å². The Morgan fingerprint density at radius 1 is 1.73 bits per heavy atom. The first kappa shape index (κ1) is 13.8. The van der Waals surface area contributed by atoms with Crippen LogP contribution in [0.2, 0.25) is 0 Å². The second kappa shape index (κ2) is 9.33. The van der Waals surface area contributed by atoms with E-state index in [1.54, 1.807) is 0 Å². The summed E-state index contributed by atoms with van der Waals surface area (Å²) in [4.78, 5) is 9.65. The fraction of sp³-hybridized carbons (Fsp3) is 0.700. The maximum absolute atomic E-state index is 9.65. The van der Waals surface area contributed by atoms with Gasteiger partial charge in [-0.25, -0.2) is 4.79 Å². The zero-order valence-electron chi connectivity index (χ0n) is 8.98. The van der Waals surface area contributed by atoms with Crippen molar-refractivity contribution in [1.82, 2.24) is 0 Å². The molecule has 1 fully saturated rings. The molecule has 1 rings (SSSR count). The van der Waals surface area contributed by atoms with E-state index in [9.17, 15) is 4.79 Å². The van der Waals surface area contributed by atoms with Gasteiger partial charge in [-0.15, -0.1) is 0 Å². The second-order valence-corrected chi connectivity index (χ2v) is 2.92. The highest BCUT2D eigenvalue weighted by Gasteiger charge is 2.23. The molecule has 15 heavy (non-hydrogen) atoms. The smallest absolute Gasteiger partial charge is 0.502 e. The summed E-state index contributed by atoms with van der Waals surface area (Å²) in [6.07, 6.45) is 2.60. The lowest BCUT2D eigenvalue weighted by atomic mass is 10.4. The van der Waals surface area contributed by atoms with Gasteiger partial charge in [0.25, 0.3) is 0 Å². The van der Waals surface area contributed by atoms with Gasteiger partial charge in [0, 0.05) is 0 Å². The van der Waals surface area contributed by atoms with E-state index in [-0.39, 0.29) is 12.7 Å². The van der Waals surface area contributed by atoms with E-state index in [4.69, 9.17) is 9.84 Å². The molecule has 1 unspecified atom stereocenters. The van der Waals surface area contributed by atoms with Crippen LogP contribution in [0.3, 0.4) is 0 Å². The summed E-state index contributed by atoms with van der Waals surface area (Å²) in [5.74, 6) is 0. The number of ether oxygens (including phenoxy) is 3. The largest absolute Gasteiger partial charge is 0.505 e. The van der Waals surface area contributed by atoms with E-state index in [0.29, 0.717) is 6.61 Å². The molecule has 0 spiro atoms. The van der Waals surface area contributed by atoms with E-state index in [2.05, 4.69) is 23.0 Å². The van der Waals surface area contributed by atoms with Crippen LogP contribution in [0.25, 0.3) is 0 Å². The van der Waals surface area contributed by atoms with Crippen molar-refractivity contribution >= 4 is 6.16 Å². The van der Waals surface area contributed by atoms with Gasteiger partial charge in [-0.05, 0) is 6.42 Å². The Hall–Kier alpha value is -1.23. The quantitative estimate of drug-likeness (QED) is 0.320. The Morgan fingerprint density at radius 2 is 2.40 bits per heavy atom. The Bertz CT molecular complexity index is 177. The monoisotopic (exact) mass is 218 g/mol. The van der Waals surface area contributed by atoms with E-state index < -0.39 is 6.16 Å². The lowest BCUT2D eigenvalue weighted by Gasteiger charge is -1.93.